The van der Waals surface area contributed by atoms with Gasteiger partial charge in [-0.15, -0.1) is 0 Å². The minimum absolute atomic E-state index is 0.244. The molecule has 1 saturated carbocycles. The van der Waals surface area contributed by atoms with Crippen LogP contribution in [-0.2, 0) is 6.54 Å². The normalized spacial score (nSPS) is 16.9. The van der Waals surface area contributed by atoms with Crippen molar-refractivity contribution < 1.29 is 23.0 Å². The summed E-state index contributed by atoms with van der Waals surface area (Å²) in [5.74, 6) is 0.244. The first-order chi connectivity index (χ1) is 9.77. The van der Waals surface area contributed by atoms with Gasteiger partial charge in [-0.1, -0.05) is 0 Å². The fraction of sp³-hybridized carbons (Fsp3) is 0.538. The molecule has 3 nitrogen and oxygen atoms in total. The molecule has 21 heavy (non-hydrogen) atoms. The van der Waals surface area contributed by atoms with Gasteiger partial charge in [0, 0.05) is 12.6 Å². The third-order valence-electron chi connectivity index (χ3n) is 2.99. The number of nitrogens with one attached hydrogen (secondary N) is 1. The number of hydrogen-bond acceptors (Lipinski definition) is 3. The van der Waals surface area contributed by atoms with Crippen LogP contribution in [0.4, 0.5) is 13.2 Å². The van der Waals surface area contributed by atoms with E-state index in [-0.39, 0.29) is 5.75 Å². The van der Waals surface area contributed by atoms with Gasteiger partial charge in [-0.3, -0.25) is 0 Å². The number of ether oxygens (including phenoxy) is 1. The number of alkyl halides is 3. The highest BCUT2D eigenvalue weighted by Crippen LogP contribution is 2.35. The molecule has 0 heterocycles. The number of rotatable bonds is 6. The Balaban J connectivity index is 1.99. The molecule has 0 spiro atoms. The molecule has 0 aromatic heterocycles. The Labute approximate surface area is 137 Å². The second-order valence-corrected chi connectivity index (χ2v) is 6.62. The molecule has 0 bridgehead atoms. The van der Waals surface area contributed by atoms with Gasteiger partial charge in [0.05, 0.1) is 8.95 Å². The maximum atomic E-state index is 12.2. The Morgan fingerprint density at radius 1 is 1.29 bits per heavy atom. The second kappa shape index (κ2) is 6.85. The van der Waals surface area contributed by atoms with E-state index < -0.39 is 18.9 Å². The Hall–Kier alpha value is -0.310. The molecule has 0 aliphatic heterocycles. The zero-order chi connectivity index (χ0) is 15.6. The van der Waals surface area contributed by atoms with Gasteiger partial charge in [-0.2, -0.15) is 13.2 Å². The maximum Gasteiger partial charge on any atom is 0.417 e. The summed E-state index contributed by atoms with van der Waals surface area (Å²) < 4.78 is 42.9. The lowest BCUT2D eigenvalue weighted by atomic mass is 10.2. The first-order valence-corrected chi connectivity index (χ1v) is 7.95. The Morgan fingerprint density at radius 2 is 1.86 bits per heavy atom. The fourth-order valence-electron chi connectivity index (χ4n) is 1.66. The highest BCUT2D eigenvalue weighted by atomic mass is 79.9. The summed E-state index contributed by atoms with van der Waals surface area (Å²) in [6.07, 6.45) is -4.84. The minimum atomic E-state index is -4.69. The molecule has 8 heteroatoms. The van der Waals surface area contributed by atoms with E-state index >= 15 is 0 Å². The number of benzene rings is 1. The fourth-order valence-corrected chi connectivity index (χ4v) is 3.17. The number of hydrogen-bond donors (Lipinski definition) is 2. The summed E-state index contributed by atoms with van der Waals surface area (Å²) in [6.45, 7) is -0.159. The summed E-state index contributed by atoms with van der Waals surface area (Å²) in [5.41, 5.74) is 0.990. The molecular formula is C13H14Br2F3NO2. The first-order valence-electron chi connectivity index (χ1n) is 6.36. The molecule has 1 fully saturated rings. The topological polar surface area (TPSA) is 41.5 Å². The quantitative estimate of drug-likeness (QED) is 0.719. The average molecular weight is 433 g/mol. The molecule has 118 valence electrons. The molecule has 1 aromatic rings. The van der Waals surface area contributed by atoms with Crippen LogP contribution in [0.5, 0.6) is 5.75 Å². The number of aliphatic hydroxyl groups is 1. The standard InChI is InChI=1S/C13H14Br2F3NO2/c14-9-3-7(5-19-8-1-2-8)4-10(15)12(9)21-6-11(20)13(16,17)18/h3-4,8,11,19-20H,1-2,5-6H2. The van der Waals surface area contributed by atoms with Crippen LogP contribution in [0, 0.1) is 0 Å². The summed E-state index contributed by atoms with van der Waals surface area (Å²) >= 11 is 6.55. The Kier molecular flexibility index (Phi) is 5.56. The van der Waals surface area contributed by atoms with Crippen molar-refractivity contribution in [3.63, 3.8) is 0 Å². The van der Waals surface area contributed by atoms with Gasteiger partial charge in [0.15, 0.2) is 6.10 Å². The zero-order valence-electron chi connectivity index (χ0n) is 10.9. The van der Waals surface area contributed by atoms with Crippen molar-refractivity contribution in [2.24, 2.45) is 0 Å². The summed E-state index contributed by atoms with van der Waals surface area (Å²) in [5, 5.41) is 12.3. The van der Waals surface area contributed by atoms with Crippen LogP contribution in [0.2, 0.25) is 0 Å². The lowest BCUT2D eigenvalue weighted by Crippen LogP contribution is -2.34. The van der Waals surface area contributed by atoms with E-state index in [4.69, 9.17) is 9.84 Å². The summed E-state index contributed by atoms with van der Waals surface area (Å²) in [7, 11) is 0. The second-order valence-electron chi connectivity index (χ2n) is 4.91. The van der Waals surface area contributed by atoms with Gasteiger partial charge >= 0.3 is 6.18 Å². The highest BCUT2D eigenvalue weighted by Gasteiger charge is 2.39. The lowest BCUT2D eigenvalue weighted by Gasteiger charge is -2.17. The largest absolute Gasteiger partial charge is 0.488 e. The Morgan fingerprint density at radius 3 is 2.33 bits per heavy atom. The van der Waals surface area contributed by atoms with Crippen molar-refractivity contribution in [2.45, 2.75) is 37.7 Å². The molecule has 1 unspecified atom stereocenters. The highest BCUT2D eigenvalue weighted by molar-refractivity contribution is 9.11. The van der Waals surface area contributed by atoms with Crippen molar-refractivity contribution >= 4 is 31.9 Å². The molecule has 0 saturated heterocycles. The van der Waals surface area contributed by atoms with Gasteiger partial charge < -0.3 is 15.2 Å². The molecule has 2 rings (SSSR count). The molecule has 0 radical (unpaired) electrons. The van der Waals surface area contributed by atoms with E-state index in [2.05, 4.69) is 37.2 Å². The molecule has 1 aliphatic rings. The van der Waals surface area contributed by atoms with Crippen LogP contribution >= 0.6 is 31.9 Å². The van der Waals surface area contributed by atoms with Crippen molar-refractivity contribution in [3.8, 4) is 5.75 Å². The van der Waals surface area contributed by atoms with Gasteiger partial charge in [-0.05, 0) is 62.4 Å². The van der Waals surface area contributed by atoms with Gasteiger partial charge in [-0.25, -0.2) is 0 Å². The third kappa shape index (κ3) is 5.12. The van der Waals surface area contributed by atoms with Crippen LogP contribution in [-0.4, -0.2) is 30.0 Å². The minimum Gasteiger partial charge on any atom is -0.488 e. The van der Waals surface area contributed by atoms with Gasteiger partial charge in [0.25, 0.3) is 0 Å². The summed E-state index contributed by atoms with van der Waals surface area (Å²) in [4.78, 5) is 0. The molecule has 1 aliphatic carbocycles. The summed E-state index contributed by atoms with van der Waals surface area (Å²) in [6, 6.07) is 4.14. The maximum absolute atomic E-state index is 12.2. The number of halogens is 5. The first kappa shape index (κ1) is 17.1. The van der Waals surface area contributed by atoms with E-state index in [1.807, 2.05) is 0 Å². The van der Waals surface area contributed by atoms with Crippen LogP contribution < -0.4 is 10.1 Å². The third-order valence-corrected chi connectivity index (χ3v) is 4.17. The molecular weight excluding hydrogens is 419 g/mol. The molecule has 1 aromatic carbocycles. The predicted molar refractivity (Wildman–Crippen MR) is 79.3 cm³/mol. The molecule has 0 amide bonds. The smallest absolute Gasteiger partial charge is 0.417 e. The van der Waals surface area contributed by atoms with E-state index in [9.17, 15) is 13.2 Å². The SMILES string of the molecule is OC(COc1c(Br)cc(CNC2CC2)cc1Br)C(F)(F)F. The van der Waals surface area contributed by atoms with Crippen molar-refractivity contribution in [3.05, 3.63) is 26.6 Å². The monoisotopic (exact) mass is 431 g/mol. The lowest BCUT2D eigenvalue weighted by molar-refractivity contribution is -0.210. The van der Waals surface area contributed by atoms with Gasteiger partial charge in [0.1, 0.15) is 12.4 Å². The zero-order valence-corrected chi connectivity index (χ0v) is 14.1. The van der Waals surface area contributed by atoms with Crippen LogP contribution in [0.25, 0.3) is 0 Å². The van der Waals surface area contributed by atoms with Crippen molar-refractivity contribution in [1.82, 2.24) is 5.32 Å². The average Bonchev–Trinajstić information content (AvgIpc) is 3.17. The van der Waals surface area contributed by atoms with Crippen molar-refractivity contribution in [1.29, 1.82) is 0 Å². The Bertz CT molecular complexity index is 484. The van der Waals surface area contributed by atoms with E-state index in [0.717, 1.165) is 5.56 Å². The molecule has 2 N–H and O–H groups in total. The van der Waals surface area contributed by atoms with Crippen molar-refractivity contribution in [2.75, 3.05) is 6.61 Å². The van der Waals surface area contributed by atoms with E-state index in [1.54, 1.807) is 12.1 Å². The van der Waals surface area contributed by atoms with Crippen LogP contribution in [0.15, 0.2) is 21.1 Å². The van der Waals surface area contributed by atoms with E-state index in [0.29, 0.717) is 21.5 Å². The predicted octanol–water partition coefficient (Wildman–Crippen LogP) is 3.77. The van der Waals surface area contributed by atoms with Crippen LogP contribution in [0.1, 0.15) is 18.4 Å². The van der Waals surface area contributed by atoms with E-state index in [1.165, 1.54) is 12.8 Å². The number of aliphatic hydroxyl groups excluding tert-OH is 1. The van der Waals surface area contributed by atoms with Gasteiger partial charge in [0.2, 0.25) is 0 Å². The van der Waals surface area contributed by atoms with Crippen LogP contribution in [0.3, 0.4) is 0 Å². The molecule has 1 atom stereocenters.